The van der Waals surface area contributed by atoms with Crippen LogP contribution in [0, 0.1) is 0 Å². The molecule has 0 saturated carbocycles. The number of rotatable bonds is 0. The molecule has 1 aliphatic heterocycles. The van der Waals surface area contributed by atoms with Crippen molar-refractivity contribution in [2.75, 3.05) is 0 Å². The molecule has 0 aromatic heterocycles. The fourth-order valence-corrected chi connectivity index (χ4v) is 1.81. The Labute approximate surface area is 130 Å². The first kappa shape index (κ1) is 36.1. The molecule has 0 amide bonds. The Morgan fingerprint density at radius 2 is 1.41 bits per heavy atom. The molecule has 0 bridgehead atoms. The zero-order valence-electron chi connectivity index (χ0n) is 10.4. The second kappa shape index (κ2) is 10.9. The normalized spacial score (nSPS) is 23.3. The van der Waals surface area contributed by atoms with Crippen LogP contribution in [-0.2, 0) is 21.1 Å². The monoisotopic (exact) mass is 474 g/mol. The van der Waals surface area contributed by atoms with E-state index in [1.54, 1.807) is 0 Å². The molecule has 9 heteroatoms. The summed E-state index contributed by atoms with van der Waals surface area (Å²) in [5.74, 6) is 0. The summed E-state index contributed by atoms with van der Waals surface area (Å²) in [5.41, 5.74) is 5.41. The van der Waals surface area contributed by atoms with Crippen molar-refractivity contribution in [1.29, 1.82) is 0 Å². The second-order valence-electron chi connectivity index (χ2n) is 4.59. The molecule has 17 heavy (non-hydrogen) atoms. The van der Waals surface area contributed by atoms with Gasteiger partial charge in [-0.1, -0.05) is 0 Å². The number of nitrogens with zero attached hydrogens (tertiary/aromatic N) is 1. The molecule has 0 aliphatic carbocycles. The molecule has 1 atom stereocenters. The predicted molar refractivity (Wildman–Crippen MR) is 53.3 cm³/mol. The fourth-order valence-electron chi connectivity index (χ4n) is 1.81. The van der Waals surface area contributed by atoms with Gasteiger partial charge >= 0.3 is 21.1 Å². The van der Waals surface area contributed by atoms with Crippen molar-refractivity contribution in [2.45, 2.75) is 51.2 Å². The third kappa shape index (κ3) is 6.66. The maximum absolute atomic E-state index is 9.71. The van der Waals surface area contributed by atoms with E-state index in [0.29, 0.717) is 0 Å². The van der Waals surface area contributed by atoms with E-state index in [1.807, 2.05) is 27.7 Å². The first-order chi connectivity index (χ1) is 4.78. The molecule has 0 aromatic rings. The van der Waals surface area contributed by atoms with Crippen LogP contribution in [0.5, 0.6) is 0 Å². The van der Waals surface area contributed by atoms with Crippen molar-refractivity contribution in [2.24, 2.45) is 5.73 Å². The van der Waals surface area contributed by atoms with Gasteiger partial charge in [-0.15, -0.1) is 0 Å². The second-order valence-corrected chi connectivity index (χ2v) is 4.59. The fraction of sp³-hybridized carbons (Fsp3) is 1.00. The Kier molecular flexibility index (Phi) is 23.2. The number of hydrogen-bond donors (Lipinski definition) is 3. The third-order valence-electron chi connectivity index (χ3n) is 2.75. The Morgan fingerprint density at radius 1 is 1.12 bits per heavy atom. The van der Waals surface area contributed by atoms with Crippen molar-refractivity contribution in [1.82, 2.24) is 11.2 Å². The first-order valence-electron chi connectivity index (χ1n) is 4.03. The number of nitrogens with two attached hydrogens (primary N) is 1. The van der Waals surface area contributed by atoms with Gasteiger partial charge in [-0.3, -0.25) is 0 Å². The van der Waals surface area contributed by atoms with Gasteiger partial charge in [0.2, 0.25) is 0 Å². The number of hydroxylamine groups is 2. The molecule has 1 rings (SSSR count). The van der Waals surface area contributed by atoms with Crippen LogP contribution in [0.15, 0.2) is 0 Å². The van der Waals surface area contributed by atoms with Crippen molar-refractivity contribution in [3.05, 3.63) is 0 Å². The van der Waals surface area contributed by atoms with Crippen LogP contribution in [0.2, 0.25) is 0 Å². The van der Waals surface area contributed by atoms with E-state index in [4.69, 9.17) is 5.73 Å². The Hall–Kier alpha value is 1.03. The van der Waals surface area contributed by atoms with Gasteiger partial charge in [0.05, 0.1) is 5.54 Å². The van der Waals surface area contributed by atoms with Crippen molar-refractivity contribution in [3.63, 3.8) is 0 Å². The number of halogens is 2. The molecule has 8 N–H and O–H groups in total. The molecule has 0 aromatic carbocycles. The van der Waals surface area contributed by atoms with Gasteiger partial charge in [0.1, 0.15) is 0 Å². The molecular formula is C8H23Cl2N3O3Pt-2. The molecule has 0 unspecified atom stereocenters. The summed E-state index contributed by atoms with van der Waals surface area (Å²) in [6.07, 6.45) is 0.844. The van der Waals surface area contributed by atoms with Crippen LogP contribution in [0.1, 0.15) is 34.1 Å². The average Bonchev–Trinajstić information content (AvgIpc) is 1.94. The summed E-state index contributed by atoms with van der Waals surface area (Å²) in [6.45, 7) is 7.93. The van der Waals surface area contributed by atoms with E-state index in [2.05, 4.69) is 0 Å². The van der Waals surface area contributed by atoms with E-state index in [1.165, 1.54) is 5.06 Å². The quantitative estimate of drug-likeness (QED) is 0.320. The zero-order chi connectivity index (χ0) is 8.86. The van der Waals surface area contributed by atoms with Gasteiger partial charge in [0.25, 0.3) is 0 Å². The summed E-state index contributed by atoms with van der Waals surface area (Å²) < 4.78 is 0. The maximum atomic E-state index is 9.71. The van der Waals surface area contributed by atoms with Gasteiger partial charge in [-0.2, -0.15) is 5.06 Å². The van der Waals surface area contributed by atoms with Crippen LogP contribution in [0.25, 0.3) is 0 Å². The van der Waals surface area contributed by atoms with Crippen LogP contribution in [-0.4, -0.2) is 38.3 Å². The Balaban J connectivity index is -0.0000000504. The molecule has 1 aliphatic rings. The minimum atomic E-state index is -0.288. The Bertz CT molecular complexity index is 187. The van der Waals surface area contributed by atoms with Crippen molar-refractivity contribution >= 4 is 0 Å². The molecule has 1 fully saturated rings. The number of hydrogen-bond acceptors (Lipinski definition) is 6. The van der Waals surface area contributed by atoms with Crippen LogP contribution in [0.3, 0.4) is 0 Å². The van der Waals surface area contributed by atoms with Crippen molar-refractivity contribution < 1.29 is 62.0 Å². The van der Waals surface area contributed by atoms with Gasteiger partial charge in [-0.25, -0.2) is 0 Å². The minimum Gasteiger partial charge on any atom is -1.00 e. The van der Waals surface area contributed by atoms with E-state index < -0.39 is 0 Å². The molecular weight excluding hydrogens is 452 g/mol. The third-order valence-corrected chi connectivity index (χ3v) is 2.75. The molecule has 0 spiro atoms. The molecule has 1 saturated heterocycles. The van der Waals surface area contributed by atoms with Gasteiger partial charge < -0.3 is 52.9 Å². The first-order valence-corrected chi connectivity index (χ1v) is 4.03. The molecule has 6 nitrogen and oxygen atoms in total. The summed E-state index contributed by atoms with van der Waals surface area (Å²) in [5, 5.41) is 11.1. The minimum absolute atomic E-state index is 0. The zero-order valence-corrected chi connectivity index (χ0v) is 14.2. The predicted octanol–water partition coefficient (Wildman–Crippen LogP) is -5.22. The van der Waals surface area contributed by atoms with Gasteiger partial charge in [0.15, 0.2) is 0 Å². The molecule has 1 heterocycles. The van der Waals surface area contributed by atoms with Gasteiger partial charge in [-0.05, 0) is 34.1 Å². The SMILES string of the molecule is CC1(C)C[C@H](N)C(C)(C)N1O.N.[Cl-].[Cl-].[OH-].[OH-].[Pt+2]. The van der Waals surface area contributed by atoms with Gasteiger partial charge in [0, 0.05) is 11.6 Å². The van der Waals surface area contributed by atoms with E-state index >= 15 is 0 Å². The van der Waals surface area contributed by atoms with Crippen LogP contribution in [0.4, 0.5) is 0 Å². The summed E-state index contributed by atoms with van der Waals surface area (Å²) in [4.78, 5) is 0. The largest absolute Gasteiger partial charge is 2.00 e. The van der Waals surface area contributed by atoms with E-state index in [9.17, 15) is 5.21 Å². The average molecular weight is 475 g/mol. The van der Waals surface area contributed by atoms with Crippen LogP contribution < -0.4 is 36.7 Å². The molecule has 114 valence electrons. The molecule has 0 radical (unpaired) electrons. The maximum Gasteiger partial charge on any atom is 2.00 e. The topological polar surface area (TPSA) is 144 Å². The Morgan fingerprint density at radius 3 is 1.47 bits per heavy atom. The summed E-state index contributed by atoms with van der Waals surface area (Å²) in [6, 6.07) is 0.0579. The smallest absolute Gasteiger partial charge is 1.00 e. The summed E-state index contributed by atoms with van der Waals surface area (Å²) in [7, 11) is 0. The van der Waals surface area contributed by atoms with E-state index in [-0.39, 0.29) is 80.1 Å². The van der Waals surface area contributed by atoms with E-state index in [0.717, 1.165) is 6.42 Å². The van der Waals surface area contributed by atoms with Crippen molar-refractivity contribution in [3.8, 4) is 0 Å². The standard InChI is InChI=1S/C8H18N2O.2ClH.H3N.2H2O.Pt/c1-7(2)5-6(9)8(3,4)10(7)11;;;;;;/h6,11H,5,9H2,1-4H3;2*1H;1H3;2*1H2;/q;;;;;;+2/p-4/t6-;;;;;;/m0....../s1. The summed E-state index contributed by atoms with van der Waals surface area (Å²) >= 11 is 0. The van der Waals surface area contributed by atoms with Crippen LogP contribution >= 0.6 is 0 Å².